The molecule has 1 heterocycles. The first-order valence-electron chi connectivity index (χ1n) is 6.51. The van der Waals surface area contributed by atoms with Crippen LogP contribution < -0.4 is 5.32 Å². The van der Waals surface area contributed by atoms with Crippen molar-refractivity contribution in [2.24, 2.45) is 0 Å². The molecule has 0 bridgehead atoms. The minimum Gasteiger partial charge on any atom is -0.316 e. The minimum absolute atomic E-state index is 0.200. The Morgan fingerprint density at radius 1 is 1.26 bits per heavy atom. The molecule has 0 saturated carbocycles. The molecule has 1 aromatic heterocycles. The van der Waals surface area contributed by atoms with Gasteiger partial charge in [0.25, 0.3) is 0 Å². The highest BCUT2D eigenvalue weighted by atomic mass is 32.1. The molecule has 19 heavy (non-hydrogen) atoms. The normalized spacial score (nSPS) is 10.9. The van der Waals surface area contributed by atoms with E-state index in [1.54, 1.807) is 19.1 Å². The second kappa shape index (κ2) is 6.73. The van der Waals surface area contributed by atoms with Crippen LogP contribution in [0.15, 0.2) is 18.2 Å². The lowest BCUT2D eigenvalue weighted by atomic mass is 10.1. The number of aromatic nitrogens is 2. The van der Waals surface area contributed by atoms with Crippen molar-refractivity contribution in [2.45, 2.75) is 26.7 Å². The Bertz CT molecular complexity index is 539. The molecule has 0 aliphatic rings. The maximum atomic E-state index is 14.0. The van der Waals surface area contributed by atoms with E-state index in [0.29, 0.717) is 16.1 Å². The van der Waals surface area contributed by atoms with Gasteiger partial charge < -0.3 is 5.32 Å². The highest BCUT2D eigenvalue weighted by Gasteiger charge is 2.12. The zero-order valence-corrected chi connectivity index (χ0v) is 12.1. The standard InChI is InChI=1S/C14H18FN3S/c1-3-8-16-9-7-12-17-18-14(19-12)11-6-4-5-10(2)13(11)15/h4-6,16H,3,7-9H2,1-2H3. The number of rotatable bonds is 6. The van der Waals surface area contributed by atoms with Crippen molar-refractivity contribution in [3.63, 3.8) is 0 Å². The molecule has 3 nitrogen and oxygen atoms in total. The van der Waals surface area contributed by atoms with Gasteiger partial charge in [0.05, 0.1) is 0 Å². The lowest BCUT2D eigenvalue weighted by Gasteiger charge is -2.00. The number of nitrogens with one attached hydrogen (secondary N) is 1. The zero-order chi connectivity index (χ0) is 13.7. The first-order valence-corrected chi connectivity index (χ1v) is 7.32. The van der Waals surface area contributed by atoms with Gasteiger partial charge >= 0.3 is 0 Å². The maximum Gasteiger partial charge on any atom is 0.150 e. The molecule has 0 radical (unpaired) electrons. The topological polar surface area (TPSA) is 37.8 Å². The summed E-state index contributed by atoms with van der Waals surface area (Å²) in [7, 11) is 0. The van der Waals surface area contributed by atoms with Gasteiger partial charge in [-0.25, -0.2) is 4.39 Å². The molecule has 5 heteroatoms. The van der Waals surface area contributed by atoms with Crippen LogP contribution in [-0.4, -0.2) is 23.3 Å². The molecule has 0 fully saturated rings. The number of benzene rings is 1. The van der Waals surface area contributed by atoms with E-state index < -0.39 is 0 Å². The summed E-state index contributed by atoms with van der Waals surface area (Å²) in [5.74, 6) is -0.200. The molecule has 1 N–H and O–H groups in total. The van der Waals surface area contributed by atoms with Crippen LogP contribution in [0.5, 0.6) is 0 Å². The zero-order valence-electron chi connectivity index (χ0n) is 11.2. The predicted molar refractivity (Wildman–Crippen MR) is 76.9 cm³/mol. The second-order valence-corrected chi connectivity index (χ2v) is 5.50. The molecule has 0 unspecified atom stereocenters. The molecule has 0 aliphatic heterocycles. The largest absolute Gasteiger partial charge is 0.316 e. The average Bonchev–Trinajstić information content (AvgIpc) is 2.87. The smallest absolute Gasteiger partial charge is 0.150 e. The van der Waals surface area contributed by atoms with Gasteiger partial charge in [-0.1, -0.05) is 30.4 Å². The van der Waals surface area contributed by atoms with Crippen molar-refractivity contribution < 1.29 is 4.39 Å². The van der Waals surface area contributed by atoms with Crippen molar-refractivity contribution in [3.8, 4) is 10.6 Å². The van der Waals surface area contributed by atoms with E-state index in [1.165, 1.54) is 11.3 Å². The van der Waals surface area contributed by atoms with Crippen molar-refractivity contribution >= 4 is 11.3 Å². The fraction of sp³-hybridized carbons (Fsp3) is 0.429. The Hall–Kier alpha value is -1.33. The summed E-state index contributed by atoms with van der Waals surface area (Å²) in [5, 5.41) is 13.1. The minimum atomic E-state index is -0.200. The monoisotopic (exact) mass is 279 g/mol. The molecule has 1 aromatic carbocycles. The summed E-state index contributed by atoms with van der Waals surface area (Å²) in [6, 6.07) is 5.36. The summed E-state index contributed by atoms with van der Waals surface area (Å²) in [4.78, 5) is 0. The van der Waals surface area contributed by atoms with Crippen LogP contribution in [0.2, 0.25) is 0 Å². The maximum absolute atomic E-state index is 14.0. The Morgan fingerprint density at radius 3 is 2.89 bits per heavy atom. The van der Waals surface area contributed by atoms with Crippen molar-refractivity contribution in [2.75, 3.05) is 13.1 Å². The number of nitrogens with zero attached hydrogens (tertiary/aromatic N) is 2. The summed E-state index contributed by atoms with van der Waals surface area (Å²) < 4.78 is 14.0. The molecule has 0 atom stereocenters. The first kappa shape index (κ1) is 14.1. The Kier molecular flexibility index (Phi) is 4.99. The molecule has 0 amide bonds. The lowest BCUT2D eigenvalue weighted by Crippen LogP contribution is -2.17. The van der Waals surface area contributed by atoms with Crippen LogP contribution in [0, 0.1) is 12.7 Å². The molecule has 2 rings (SSSR count). The van der Waals surface area contributed by atoms with Crippen LogP contribution in [-0.2, 0) is 6.42 Å². The summed E-state index contributed by atoms with van der Waals surface area (Å²) in [6.45, 7) is 5.79. The van der Waals surface area contributed by atoms with Gasteiger partial charge in [0.1, 0.15) is 10.8 Å². The summed E-state index contributed by atoms with van der Waals surface area (Å²) >= 11 is 1.46. The number of halogens is 1. The molecule has 102 valence electrons. The van der Waals surface area contributed by atoms with E-state index in [9.17, 15) is 4.39 Å². The Labute approximate surface area is 116 Å². The van der Waals surface area contributed by atoms with Crippen LogP contribution in [0.1, 0.15) is 23.9 Å². The van der Waals surface area contributed by atoms with Gasteiger partial charge in [0.2, 0.25) is 0 Å². The summed E-state index contributed by atoms with van der Waals surface area (Å²) in [5.41, 5.74) is 1.18. The van der Waals surface area contributed by atoms with Crippen molar-refractivity contribution in [3.05, 3.63) is 34.6 Å². The Morgan fingerprint density at radius 2 is 2.11 bits per heavy atom. The van der Waals surface area contributed by atoms with Crippen LogP contribution >= 0.6 is 11.3 Å². The van der Waals surface area contributed by atoms with E-state index in [1.807, 2.05) is 6.07 Å². The SMILES string of the molecule is CCCNCCc1nnc(-c2cccc(C)c2F)s1. The van der Waals surface area contributed by atoms with Gasteiger partial charge in [-0.2, -0.15) is 0 Å². The van der Waals surface area contributed by atoms with Crippen molar-refractivity contribution in [1.82, 2.24) is 15.5 Å². The molecular weight excluding hydrogens is 261 g/mol. The van der Waals surface area contributed by atoms with E-state index >= 15 is 0 Å². The highest BCUT2D eigenvalue weighted by molar-refractivity contribution is 7.14. The average molecular weight is 279 g/mol. The fourth-order valence-corrected chi connectivity index (χ4v) is 2.63. The Balaban J connectivity index is 2.06. The third-order valence-electron chi connectivity index (χ3n) is 2.83. The molecule has 0 saturated heterocycles. The third-order valence-corrected chi connectivity index (χ3v) is 3.85. The van der Waals surface area contributed by atoms with Gasteiger partial charge in [-0.05, 0) is 31.5 Å². The number of hydrogen-bond acceptors (Lipinski definition) is 4. The van der Waals surface area contributed by atoms with Gasteiger partial charge in [-0.3, -0.25) is 0 Å². The predicted octanol–water partition coefficient (Wildman–Crippen LogP) is 3.19. The van der Waals surface area contributed by atoms with E-state index in [-0.39, 0.29) is 5.82 Å². The van der Waals surface area contributed by atoms with E-state index in [4.69, 9.17) is 0 Å². The van der Waals surface area contributed by atoms with Crippen LogP contribution in [0.3, 0.4) is 0 Å². The molecule has 0 aliphatic carbocycles. The number of hydrogen-bond donors (Lipinski definition) is 1. The van der Waals surface area contributed by atoms with Gasteiger partial charge in [0, 0.05) is 18.5 Å². The molecular formula is C14H18FN3S. The van der Waals surface area contributed by atoms with E-state index in [2.05, 4.69) is 22.4 Å². The number of aryl methyl sites for hydroxylation is 1. The van der Waals surface area contributed by atoms with Crippen LogP contribution in [0.4, 0.5) is 4.39 Å². The van der Waals surface area contributed by atoms with Crippen molar-refractivity contribution in [1.29, 1.82) is 0 Å². The van der Waals surface area contributed by atoms with Crippen LogP contribution in [0.25, 0.3) is 10.6 Å². The van der Waals surface area contributed by atoms with Gasteiger partial charge in [0.15, 0.2) is 5.01 Å². The fourth-order valence-electron chi connectivity index (χ4n) is 1.77. The highest BCUT2D eigenvalue weighted by Crippen LogP contribution is 2.27. The molecule has 2 aromatic rings. The lowest BCUT2D eigenvalue weighted by molar-refractivity contribution is 0.621. The van der Waals surface area contributed by atoms with E-state index in [0.717, 1.165) is 30.9 Å². The third kappa shape index (κ3) is 3.58. The first-order chi connectivity index (χ1) is 9.22. The second-order valence-electron chi connectivity index (χ2n) is 4.44. The van der Waals surface area contributed by atoms with Gasteiger partial charge in [-0.15, -0.1) is 10.2 Å². The quantitative estimate of drug-likeness (QED) is 0.825. The summed E-state index contributed by atoms with van der Waals surface area (Å²) in [6.07, 6.45) is 1.96. The molecule has 0 spiro atoms.